The van der Waals surface area contributed by atoms with Crippen LogP contribution in [0, 0.1) is 6.92 Å². The Morgan fingerprint density at radius 3 is 2.44 bits per heavy atom. The lowest BCUT2D eigenvalue weighted by atomic mass is 10.4. The molecule has 1 aromatic heterocycles. The van der Waals surface area contributed by atoms with Gasteiger partial charge in [-0.15, -0.1) is 11.3 Å². The maximum Gasteiger partial charge on any atom is 0.409 e. The predicted octanol–water partition coefficient (Wildman–Crippen LogP) is 1.27. The first-order valence-corrected chi connectivity index (χ1v) is 10.4. The molecule has 2 amide bonds. The van der Waals surface area contributed by atoms with Crippen LogP contribution < -0.4 is 5.32 Å². The summed E-state index contributed by atoms with van der Waals surface area (Å²) in [6, 6.07) is 1.43. The average Bonchev–Trinajstić information content (AvgIpc) is 2.98. The summed E-state index contributed by atoms with van der Waals surface area (Å²) in [5, 5.41) is 2.67. The zero-order valence-corrected chi connectivity index (χ0v) is 16.2. The number of hydrogen-bond donors (Lipinski definition) is 1. The number of nitrogens with zero attached hydrogens (tertiary/aromatic N) is 2. The minimum Gasteiger partial charge on any atom is -0.450 e. The number of hydrogen-bond acceptors (Lipinski definition) is 6. The lowest BCUT2D eigenvalue weighted by Gasteiger charge is -2.33. The molecule has 1 aliphatic heterocycles. The van der Waals surface area contributed by atoms with E-state index in [0.717, 1.165) is 11.3 Å². The van der Waals surface area contributed by atoms with E-state index in [4.69, 9.17) is 4.74 Å². The molecule has 1 saturated heterocycles. The number of aryl methyl sites for hydroxylation is 1. The molecule has 10 heteroatoms. The van der Waals surface area contributed by atoms with Gasteiger partial charge in [-0.1, -0.05) is 0 Å². The van der Waals surface area contributed by atoms with Crippen LogP contribution in [0.15, 0.2) is 11.0 Å². The Balaban J connectivity index is 2.12. The van der Waals surface area contributed by atoms with Crippen LogP contribution in [0.3, 0.4) is 0 Å². The molecule has 0 spiro atoms. The van der Waals surface area contributed by atoms with Crippen molar-refractivity contribution in [2.45, 2.75) is 25.7 Å². The molecule has 0 aromatic carbocycles. The summed E-state index contributed by atoms with van der Waals surface area (Å²) in [6.45, 7) is 6.95. The van der Waals surface area contributed by atoms with E-state index < -0.39 is 16.1 Å². The van der Waals surface area contributed by atoms with Crippen molar-refractivity contribution in [1.82, 2.24) is 14.5 Å². The maximum atomic E-state index is 12.9. The topological polar surface area (TPSA) is 96.0 Å². The Morgan fingerprint density at radius 1 is 1.24 bits per heavy atom. The number of amides is 2. The first-order valence-electron chi connectivity index (χ1n) is 8.11. The van der Waals surface area contributed by atoms with Crippen LogP contribution in [0.5, 0.6) is 0 Å². The second-order valence-corrected chi connectivity index (χ2v) is 8.64. The second kappa shape index (κ2) is 8.15. The molecule has 0 saturated carbocycles. The van der Waals surface area contributed by atoms with Gasteiger partial charge in [0, 0.05) is 37.6 Å². The SMILES string of the molecule is CCNC(=O)c1cc(S(=O)(=O)N2CCN(C(=O)OCC)CC2)c(C)s1. The first-order chi connectivity index (χ1) is 11.8. The van der Waals surface area contributed by atoms with Gasteiger partial charge in [0.05, 0.1) is 16.4 Å². The van der Waals surface area contributed by atoms with Gasteiger partial charge in [-0.3, -0.25) is 4.79 Å². The van der Waals surface area contributed by atoms with Crippen molar-refractivity contribution in [3.63, 3.8) is 0 Å². The average molecular weight is 389 g/mol. The smallest absolute Gasteiger partial charge is 0.409 e. The highest BCUT2D eigenvalue weighted by molar-refractivity contribution is 7.89. The normalized spacial score (nSPS) is 15.9. The number of rotatable bonds is 5. The summed E-state index contributed by atoms with van der Waals surface area (Å²) in [5.74, 6) is -0.274. The fourth-order valence-electron chi connectivity index (χ4n) is 2.55. The van der Waals surface area contributed by atoms with Gasteiger partial charge < -0.3 is 15.0 Å². The number of carbonyl (C=O) groups excluding carboxylic acids is 2. The summed E-state index contributed by atoms with van der Waals surface area (Å²) in [5.41, 5.74) is 0. The summed E-state index contributed by atoms with van der Waals surface area (Å²) >= 11 is 1.16. The van der Waals surface area contributed by atoms with E-state index in [1.165, 1.54) is 15.3 Å². The van der Waals surface area contributed by atoms with E-state index in [1.807, 2.05) is 0 Å². The molecule has 25 heavy (non-hydrogen) atoms. The van der Waals surface area contributed by atoms with Gasteiger partial charge >= 0.3 is 6.09 Å². The third kappa shape index (κ3) is 4.31. The minimum absolute atomic E-state index is 0.156. The number of nitrogens with one attached hydrogen (secondary N) is 1. The van der Waals surface area contributed by atoms with Gasteiger partial charge in [0.15, 0.2) is 0 Å². The van der Waals surface area contributed by atoms with E-state index >= 15 is 0 Å². The molecule has 1 N–H and O–H groups in total. The largest absolute Gasteiger partial charge is 0.450 e. The highest BCUT2D eigenvalue weighted by Gasteiger charge is 2.33. The van der Waals surface area contributed by atoms with Gasteiger partial charge in [-0.25, -0.2) is 13.2 Å². The van der Waals surface area contributed by atoms with E-state index in [0.29, 0.717) is 16.3 Å². The zero-order valence-electron chi connectivity index (χ0n) is 14.6. The molecule has 0 atom stereocenters. The van der Waals surface area contributed by atoms with Crippen molar-refractivity contribution < 1.29 is 22.7 Å². The molecule has 0 radical (unpaired) electrons. The van der Waals surface area contributed by atoms with Crippen LogP contribution >= 0.6 is 11.3 Å². The molecular weight excluding hydrogens is 366 g/mol. The third-order valence-electron chi connectivity index (χ3n) is 3.82. The molecule has 1 aromatic rings. The van der Waals surface area contributed by atoms with E-state index in [-0.39, 0.29) is 43.6 Å². The highest BCUT2D eigenvalue weighted by atomic mass is 32.2. The van der Waals surface area contributed by atoms with Crippen LogP contribution in [-0.4, -0.2) is 69.0 Å². The molecule has 1 aliphatic rings. The standard InChI is InChI=1S/C15H23N3O5S2/c1-4-16-14(19)12-10-13(11(3)24-12)25(21,22)18-8-6-17(7-9-18)15(20)23-5-2/h10H,4-9H2,1-3H3,(H,16,19). The van der Waals surface area contributed by atoms with Crippen molar-refractivity contribution in [2.24, 2.45) is 0 Å². The maximum absolute atomic E-state index is 12.9. The lowest BCUT2D eigenvalue weighted by molar-refractivity contribution is 0.0931. The van der Waals surface area contributed by atoms with Crippen molar-refractivity contribution in [3.8, 4) is 0 Å². The van der Waals surface area contributed by atoms with Crippen LogP contribution in [0.2, 0.25) is 0 Å². The Morgan fingerprint density at radius 2 is 1.88 bits per heavy atom. The molecular formula is C15H23N3O5S2. The van der Waals surface area contributed by atoms with Gasteiger partial charge in [0.2, 0.25) is 10.0 Å². The summed E-state index contributed by atoms with van der Waals surface area (Å²) in [7, 11) is -3.70. The summed E-state index contributed by atoms with van der Waals surface area (Å²) in [4.78, 5) is 26.2. The lowest BCUT2D eigenvalue weighted by Crippen LogP contribution is -2.50. The molecule has 1 fully saturated rings. The van der Waals surface area contributed by atoms with Crippen molar-refractivity contribution in [3.05, 3.63) is 15.8 Å². The number of ether oxygens (including phenoxy) is 1. The molecule has 8 nitrogen and oxygen atoms in total. The number of carbonyl (C=O) groups is 2. The van der Waals surface area contributed by atoms with Crippen LogP contribution in [0.4, 0.5) is 4.79 Å². The van der Waals surface area contributed by atoms with Crippen LogP contribution in [0.25, 0.3) is 0 Å². The Bertz CT molecular complexity index is 736. The first kappa shape index (κ1) is 19.7. The predicted molar refractivity (Wildman–Crippen MR) is 94.4 cm³/mol. The highest BCUT2D eigenvalue weighted by Crippen LogP contribution is 2.28. The number of thiophene rings is 1. The second-order valence-electron chi connectivity index (χ2n) is 5.48. The summed E-state index contributed by atoms with van der Waals surface area (Å²) < 4.78 is 32.0. The van der Waals surface area contributed by atoms with E-state index in [1.54, 1.807) is 20.8 Å². The fraction of sp³-hybridized carbons (Fsp3) is 0.600. The Labute approximate surface area is 151 Å². The minimum atomic E-state index is -3.70. The van der Waals surface area contributed by atoms with E-state index in [9.17, 15) is 18.0 Å². The molecule has 0 aliphatic carbocycles. The molecule has 2 heterocycles. The van der Waals surface area contributed by atoms with Gasteiger partial charge in [0.25, 0.3) is 5.91 Å². The number of sulfonamides is 1. The van der Waals surface area contributed by atoms with Gasteiger partial charge in [-0.2, -0.15) is 4.31 Å². The van der Waals surface area contributed by atoms with Crippen molar-refractivity contribution in [1.29, 1.82) is 0 Å². The Hall–Kier alpha value is -1.65. The van der Waals surface area contributed by atoms with Crippen molar-refractivity contribution in [2.75, 3.05) is 39.3 Å². The van der Waals surface area contributed by atoms with Gasteiger partial charge in [0.1, 0.15) is 0 Å². The van der Waals surface area contributed by atoms with Crippen LogP contribution in [-0.2, 0) is 14.8 Å². The van der Waals surface area contributed by atoms with Crippen molar-refractivity contribution >= 4 is 33.4 Å². The molecule has 140 valence electrons. The fourth-order valence-corrected chi connectivity index (χ4v) is 5.44. The van der Waals surface area contributed by atoms with Crippen LogP contribution in [0.1, 0.15) is 28.4 Å². The van der Waals surface area contributed by atoms with E-state index in [2.05, 4.69) is 5.32 Å². The monoisotopic (exact) mass is 389 g/mol. The van der Waals surface area contributed by atoms with Gasteiger partial charge in [-0.05, 0) is 26.8 Å². The third-order valence-corrected chi connectivity index (χ3v) is 7.02. The molecule has 2 rings (SSSR count). The quantitative estimate of drug-likeness (QED) is 0.818. The molecule has 0 bridgehead atoms. The Kier molecular flexibility index (Phi) is 6.42. The zero-order chi connectivity index (χ0) is 18.6. The summed E-state index contributed by atoms with van der Waals surface area (Å²) in [6.07, 6.45) is -0.426. The molecule has 0 unspecified atom stereocenters. The number of piperazine rings is 1.